The van der Waals surface area contributed by atoms with Crippen molar-refractivity contribution in [1.82, 2.24) is 15.2 Å². The molecule has 2 heterocycles. The van der Waals surface area contributed by atoms with Crippen LogP contribution in [0.15, 0.2) is 48.7 Å². The van der Waals surface area contributed by atoms with Gasteiger partial charge in [-0.2, -0.15) is 0 Å². The van der Waals surface area contributed by atoms with Gasteiger partial charge in [0.05, 0.1) is 0 Å². The average molecular weight is 391 g/mol. The molecule has 8 heteroatoms. The Balaban J connectivity index is 1.52. The van der Waals surface area contributed by atoms with Gasteiger partial charge in [0.2, 0.25) is 0 Å². The van der Waals surface area contributed by atoms with Gasteiger partial charge in [-0.1, -0.05) is 18.2 Å². The number of fused-ring (bicyclic) bond motifs is 1. The molecule has 2 atom stereocenters. The van der Waals surface area contributed by atoms with Crippen LogP contribution in [-0.4, -0.2) is 41.8 Å². The molecule has 0 bridgehead atoms. The second-order valence-electron chi connectivity index (χ2n) is 7.25. The van der Waals surface area contributed by atoms with Crippen molar-refractivity contribution >= 4 is 5.91 Å². The summed E-state index contributed by atoms with van der Waals surface area (Å²) in [6.07, 6.45) is -3.19. The molecule has 2 unspecified atom stereocenters. The number of pyridine rings is 1. The molecule has 1 N–H and O–H groups in total. The van der Waals surface area contributed by atoms with Crippen molar-refractivity contribution in [1.29, 1.82) is 0 Å². The predicted octanol–water partition coefficient (Wildman–Crippen LogP) is 3.09. The number of alkyl halides is 3. The van der Waals surface area contributed by atoms with Gasteiger partial charge in [0.25, 0.3) is 5.91 Å². The quantitative estimate of drug-likeness (QED) is 0.822. The summed E-state index contributed by atoms with van der Waals surface area (Å²) in [6.45, 7) is 2.68. The largest absolute Gasteiger partial charge is 0.573 e. The van der Waals surface area contributed by atoms with E-state index in [9.17, 15) is 18.0 Å². The lowest BCUT2D eigenvalue weighted by molar-refractivity contribution is -0.274. The molecule has 5 nitrogen and oxygen atoms in total. The molecule has 1 aliphatic heterocycles. The number of hydrogen-bond donors (Lipinski definition) is 1. The Morgan fingerprint density at radius 3 is 2.64 bits per heavy atom. The minimum atomic E-state index is -4.75. The molecular formula is C20H20F3N3O2. The summed E-state index contributed by atoms with van der Waals surface area (Å²) in [6, 6.07) is 10.9. The number of rotatable bonds is 6. The Hall–Kier alpha value is -2.61. The van der Waals surface area contributed by atoms with Crippen molar-refractivity contribution in [3.05, 3.63) is 59.9 Å². The number of halogens is 3. The van der Waals surface area contributed by atoms with Crippen LogP contribution in [0.2, 0.25) is 0 Å². The number of benzene rings is 1. The maximum atomic E-state index is 13.0. The van der Waals surface area contributed by atoms with Gasteiger partial charge >= 0.3 is 6.36 Å². The van der Waals surface area contributed by atoms with Gasteiger partial charge in [-0.15, -0.1) is 13.2 Å². The number of nitrogens with zero attached hydrogens (tertiary/aromatic N) is 2. The molecule has 1 saturated heterocycles. The van der Waals surface area contributed by atoms with Gasteiger partial charge in [0.15, 0.2) is 0 Å². The summed E-state index contributed by atoms with van der Waals surface area (Å²) >= 11 is 0. The highest BCUT2D eigenvalue weighted by Crippen LogP contribution is 2.49. The summed E-state index contributed by atoms with van der Waals surface area (Å²) in [5.41, 5.74) is 0.907. The molecule has 1 aliphatic carbocycles. The molecular weight excluding hydrogens is 371 g/mol. The summed E-state index contributed by atoms with van der Waals surface area (Å²) < 4.78 is 41.5. The first-order chi connectivity index (χ1) is 13.4. The van der Waals surface area contributed by atoms with Crippen molar-refractivity contribution < 1.29 is 22.7 Å². The van der Waals surface area contributed by atoms with E-state index in [1.165, 1.54) is 18.2 Å². The second-order valence-corrected chi connectivity index (χ2v) is 7.25. The van der Waals surface area contributed by atoms with Crippen LogP contribution < -0.4 is 10.1 Å². The van der Waals surface area contributed by atoms with Gasteiger partial charge in [0.1, 0.15) is 11.4 Å². The van der Waals surface area contributed by atoms with Crippen LogP contribution in [0.5, 0.6) is 5.75 Å². The van der Waals surface area contributed by atoms with Crippen molar-refractivity contribution in [2.75, 3.05) is 19.6 Å². The highest BCUT2D eigenvalue weighted by Gasteiger charge is 2.53. The van der Waals surface area contributed by atoms with Gasteiger partial charge in [0, 0.05) is 19.3 Å². The Morgan fingerprint density at radius 1 is 1.18 bits per heavy atom. The van der Waals surface area contributed by atoms with E-state index >= 15 is 0 Å². The lowest BCUT2D eigenvalue weighted by atomic mass is 10.1. The zero-order valence-electron chi connectivity index (χ0n) is 15.0. The van der Waals surface area contributed by atoms with Gasteiger partial charge in [-0.25, -0.2) is 0 Å². The fourth-order valence-corrected chi connectivity index (χ4v) is 4.00. The third-order valence-electron chi connectivity index (χ3n) is 5.38. The van der Waals surface area contributed by atoms with Gasteiger partial charge in [-0.05, 0) is 60.7 Å². The van der Waals surface area contributed by atoms with Gasteiger partial charge in [-0.3, -0.25) is 9.78 Å². The van der Waals surface area contributed by atoms with Crippen LogP contribution in [0.25, 0.3) is 0 Å². The number of nitrogens with one attached hydrogen (secondary N) is 1. The van der Waals surface area contributed by atoms with Gasteiger partial charge < -0.3 is 15.0 Å². The fourth-order valence-electron chi connectivity index (χ4n) is 4.00. The standard InChI is InChI=1S/C20H20F3N3O2/c21-20(22,23)28-14-5-3-4-13(8-14)11-26(12-17-15-9-24-10-16(15)17)19(27)18-6-1-2-7-25-18/h1-8,15-17,24H,9-12H2. The van der Waals surface area contributed by atoms with Crippen LogP contribution >= 0.6 is 0 Å². The number of aromatic nitrogens is 1. The van der Waals surface area contributed by atoms with Crippen LogP contribution in [0, 0.1) is 17.8 Å². The highest BCUT2D eigenvalue weighted by atomic mass is 19.4. The number of ether oxygens (including phenoxy) is 1. The average Bonchev–Trinajstić information content (AvgIpc) is 3.08. The van der Waals surface area contributed by atoms with Crippen molar-refractivity contribution in [2.24, 2.45) is 17.8 Å². The lowest BCUT2D eigenvalue weighted by Gasteiger charge is -2.24. The molecule has 0 radical (unpaired) electrons. The minimum absolute atomic E-state index is 0.202. The Bertz CT molecular complexity index is 834. The van der Waals surface area contributed by atoms with Crippen LogP contribution in [0.4, 0.5) is 13.2 Å². The third kappa shape index (κ3) is 4.27. The van der Waals surface area contributed by atoms with Crippen LogP contribution in [0.3, 0.4) is 0 Å². The number of piperidine rings is 1. The zero-order chi connectivity index (χ0) is 19.7. The molecule has 1 aromatic heterocycles. The number of carbonyl (C=O) groups excluding carboxylic acids is 1. The van der Waals surface area contributed by atoms with E-state index in [-0.39, 0.29) is 18.2 Å². The molecule has 2 aromatic rings. The van der Waals surface area contributed by atoms with E-state index in [0.29, 0.717) is 35.6 Å². The fraction of sp³-hybridized carbons (Fsp3) is 0.400. The van der Waals surface area contributed by atoms with E-state index in [1.54, 1.807) is 35.4 Å². The summed E-state index contributed by atoms with van der Waals surface area (Å²) in [5, 5.41) is 3.33. The molecule has 28 heavy (non-hydrogen) atoms. The van der Waals surface area contributed by atoms with Crippen LogP contribution in [0.1, 0.15) is 16.1 Å². The molecule has 2 aliphatic rings. The summed E-state index contributed by atoms with van der Waals surface area (Å²) in [5.74, 6) is 1.05. The monoisotopic (exact) mass is 391 g/mol. The van der Waals surface area contributed by atoms with Crippen molar-refractivity contribution in [2.45, 2.75) is 12.9 Å². The summed E-state index contributed by atoms with van der Waals surface area (Å²) in [4.78, 5) is 18.8. The molecule has 1 saturated carbocycles. The Labute approximate surface area is 160 Å². The lowest BCUT2D eigenvalue weighted by Crippen LogP contribution is -2.34. The third-order valence-corrected chi connectivity index (χ3v) is 5.38. The van der Waals surface area contributed by atoms with Crippen LogP contribution in [-0.2, 0) is 6.54 Å². The molecule has 4 rings (SSSR count). The smallest absolute Gasteiger partial charge is 0.406 e. The normalized spacial score (nSPS) is 23.2. The SMILES string of the molecule is O=C(c1ccccn1)N(Cc1cccc(OC(F)(F)F)c1)CC1C2CNCC21. The van der Waals surface area contributed by atoms with Crippen molar-refractivity contribution in [3.8, 4) is 5.75 Å². The number of hydrogen-bond acceptors (Lipinski definition) is 4. The maximum absolute atomic E-state index is 13.0. The first-order valence-corrected chi connectivity index (χ1v) is 9.16. The predicted molar refractivity (Wildman–Crippen MR) is 95.4 cm³/mol. The second kappa shape index (κ2) is 7.43. The molecule has 1 amide bonds. The topological polar surface area (TPSA) is 54.5 Å². The highest BCUT2D eigenvalue weighted by molar-refractivity contribution is 5.92. The Kier molecular flexibility index (Phi) is 4.97. The molecule has 1 aromatic carbocycles. The zero-order valence-corrected chi connectivity index (χ0v) is 15.0. The van der Waals surface area contributed by atoms with E-state index in [4.69, 9.17) is 0 Å². The van der Waals surface area contributed by atoms with Crippen molar-refractivity contribution in [3.63, 3.8) is 0 Å². The van der Waals surface area contributed by atoms with E-state index in [1.807, 2.05) is 0 Å². The van der Waals surface area contributed by atoms with E-state index in [2.05, 4.69) is 15.0 Å². The van der Waals surface area contributed by atoms with E-state index in [0.717, 1.165) is 13.1 Å². The number of amides is 1. The first kappa shape index (κ1) is 18.7. The molecule has 0 spiro atoms. The van der Waals surface area contributed by atoms with E-state index < -0.39 is 6.36 Å². The summed E-state index contributed by atoms with van der Waals surface area (Å²) in [7, 11) is 0. The molecule has 148 valence electrons. The Morgan fingerprint density at radius 2 is 1.96 bits per heavy atom. The maximum Gasteiger partial charge on any atom is 0.573 e. The minimum Gasteiger partial charge on any atom is -0.406 e. The number of carbonyl (C=O) groups is 1. The molecule has 2 fully saturated rings. The first-order valence-electron chi connectivity index (χ1n) is 9.16.